The monoisotopic (exact) mass is 267 g/mol. The standard InChI is InChI=1S/C11H13N3OS2/c1-4-9-13-14-11(17-9)12-10(15)8-5-6(2)16-7(8)3/h5H,4H2,1-3H3,(H,12,14,15). The molecule has 2 aromatic rings. The molecule has 2 aromatic heterocycles. The Labute approximate surface area is 108 Å². The van der Waals surface area contributed by atoms with Crippen molar-refractivity contribution >= 4 is 33.7 Å². The van der Waals surface area contributed by atoms with Crippen LogP contribution in [0.2, 0.25) is 0 Å². The number of nitrogens with one attached hydrogen (secondary N) is 1. The molecule has 0 unspecified atom stereocenters. The number of carbonyl (C=O) groups is 1. The molecule has 4 nitrogen and oxygen atoms in total. The van der Waals surface area contributed by atoms with Crippen LogP contribution in [-0.2, 0) is 6.42 Å². The number of hydrogen-bond donors (Lipinski definition) is 1. The SMILES string of the molecule is CCc1nnc(NC(=O)c2cc(C)sc2C)s1. The molecule has 0 saturated heterocycles. The van der Waals surface area contributed by atoms with E-state index in [9.17, 15) is 4.79 Å². The van der Waals surface area contributed by atoms with Gasteiger partial charge in [-0.05, 0) is 26.3 Å². The highest BCUT2D eigenvalue weighted by molar-refractivity contribution is 7.15. The second kappa shape index (κ2) is 4.93. The van der Waals surface area contributed by atoms with Crippen molar-refractivity contribution in [2.45, 2.75) is 27.2 Å². The third-order valence-electron chi connectivity index (χ3n) is 2.28. The molecule has 0 bridgehead atoms. The lowest BCUT2D eigenvalue weighted by Gasteiger charge is -1.99. The van der Waals surface area contributed by atoms with Crippen LogP contribution in [-0.4, -0.2) is 16.1 Å². The highest BCUT2D eigenvalue weighted by Gasteiger charge is 2.13. The number of anilines is 1. The summed E-state index contributed by atoms with van der Waals surface area (Å²) < 4.78 is 0. The van der Waals surface area contributed by atoms with Crippen LogP contribution in [0.5, 0.6) is 0 Å². The fraction of sp³-hybridized carbons (Fsp3) is 0.364. The molecule has 6 heteroatoms. The summed E-state index contributed by atoms with van der Waals surface area (Å²) in [6, 6.07) is 1.90. The molecular formula is C11H13N3OS2. The molecule has 0 spiro atoms. The fourth-order valence-corrected chi connectivity index (χ4v) is 3.06. The van der Waals surface area contributed by atoms with Gasteiger partial charge in [-0.15, -0.1) is 21.5 Å². The molecule has 0 radical (unpaired) electrons. The minimum Gasteiger partial charge on any atom is -0.296 e. The molecule has 0 aliphatic rings. The number of thiophene rings is 1. The second-order valence-corrected chi connectivity index (χ2v) is 6.16. The Morgan fingerprint density at radius 3 is 2.65 bits per heavy atom. The van der Waals surface area contributed by atoms with Gasteiger partial charge < -0.3 is 0 Å². The summed E-state index contributed by atoms with van der Waals surface area (Å²) in [5.74, 6) is -0.106. The normalized spacial score (nSPS) is 10.5. The minimum atomic E-state index is -0.106. The number of amides is 1. The Morgan fingerprint density at radius 2 is 2.12 bits per heavy atom. The summed E-state index contributed by atoms with van der Waals surface area (Å²) in [5, 5.41) is 12.2. The first-order valence-electron chi connectivity index (χ1n) is 5.31. The van der Waals surface area contributed by atoms with Gasteiger partial charge >= 0.3 is 0 Å². The summed E-state index contributed by atoms with van der Waals surface area (Å²) >= 11 is 3.04. The van der Waals surface area contributed by atoms with E-state index in [0.717, 1.165) is 26.7 Å². The van der Waals surface area contributed by atoms with E-state index in [1.807, 2.05) is 26.8 Å². The zero-order valence-corrected chi connectivity index (χ0v) is 11.5. The van der Waals surface area contributed by atoms with Crippen LogP contribution in [0, 0.1) is 13.8 Å². The first-order valence-corrected chi connectivity index (χ1v) is 6.94. The third kappa shape index (κ3) is 2.70. The molecule has 2 rings (SSSR count). The van der Waals surface area contributed by atoms with Crippen LogP contribution in [0.1, 0.15) is 32.0 Å². The van der Waals surface area contributed by atoms with Crippen LogP contribution in [0.15, 0.2) is 6.07 Å². The molecule has 17 heavy (non-hydrogen) atoms. The predicted molar refractivity (Wildman–Crippen MR) is 71.0 cm³/mol. The highest BCUT2D eigenvalue weighted by atomic mass is 32.1. The smallest absolute Gasteiger partial charge is 0.258 e. The summed E-state index contributed by atoms with van der Waals surface area (Å²) in [7, 11) is 0. The number of carbonyl (C=O) groups excluding carboxylic acids is 1. The first kappa shape index (κ1) is 12.2. The number of aromatic nitrogens is 2. The number of aryl methyl sites for hydroxylation is 3. The largest absolute Gasteiger partial charge is 0.296 e. The maximum Gasteiger partial charge on any atom is 0.258 e. The maximum atomic E-state index is 12.0. The van der Waals surface area contributed by atoms with Gasteiger partial charge in [0.2, 0.25) is 5.13 Å². The van der Waals surface area contributed by atoms with Gasteiger partial charge in [-0.25, -0.2) is 0 Å². The Kier molecular flexibility index (Phi) is 3.54. The van der Waals surface area contributed by atoms with Gasteiger partial charge in [0.05, 0.1) is 5.56 Å². The van der Waals surface area contributed by atoms with Crippen molar-refractivity contribution in [3.63, 3.8) is 0 Å². The van der Waals surface area contributed by atoms with Crippen molar-refractivity contribution < 1.29 is 4.79 Å². The summed E-state index contributed by atoms with van der Waals surface area (Å²) in [6.45, 7) is 5.96. The molecule has 0 aromatic carbocycles. The molecule has 1 N–H and O–H groups in total. The maximum absolute atomic E-state index is 12.0. The van der Waals surface area contributed by atoms with E-state index in [4.69, 9.17) is 0 Å². The lowest BCUT2D eigenvalue weighted by molar-refractivity contribution is 0.102. The Morgan fingerprint density at radius 1 is 1.35 bits per heavy atom. The average Bonchev–Trinajstić information content (AvgIpc) is 2.85. The summed E-state index contributed by atoms with van der Waals surface area (Å²) in [6.07, 6.45) is 0.837. The van der Waals surface area contributed by atoms with E-state index in [1.165, 1.54) is 11.3 Å². The topological polar surface area (TPSA) is 54.9 Å². The van der Waals surface area contributed by atoms with Gasteiger partial charge in [-0.3, -0.25) is 10.1 Å². The van der Waals surface area contributed by atoms with E-state index >= 15 is 0 Å². The van der Waals surface area contributed by atoms with Gasteiger partial charge in [0.25, 0.3) is 5.91 Å². The van der Waals surface area contributed by atoms with E-state index in [0.29, 0.717) is 5.13 Å². The van der Waals surface area contributed by atoms with Gasteiger partial charge in [0.15, 0.2) is 0 Å². The lowest BCUT2D eigenvalue weighted by Crippen LogP contribution is -2.11. The third-order valence-corrected chi connectivity index (χ3v) is 4.22. The Hall–Kier alpha value is -1.27. The fourth-order valence-electron chi connectivity index (χ4n) is 1.47. The van der Waals surface area contributed by atoms with E-state index in [1.54, 1.807) is 11.3 Å². The zero-order chi connectivity index (χ0) is 12.4. The quantitative estimate of drug-likeness (QED) is 0.930. The minimum absolute atomic E-state index is 0.106. The van der Waals surface area contributed by atoms with Gasteiger partial charge in [0, 0.05) is 9.75 Å². The molecule has 0 aliphatic carbocycles. The highest BCUT2D eigenvalue weighted by Crippen LogP contribution is 2.22. The van der Waals surface area contributed by atoms with Crippen molar-refractivity contribution in [3.05, 3.63) is 26.4 Å². The summed E-state index contributed by atoms with van der Waals surface area (Å²) in [4.78, 5) is 14.1. The molecule has 0 saturated carbocycles. The van der Waals surface area contributed by atoms with E-state index in [-0.39, 0.29) is 5.91 Å². The van der Waals surface area contributed by atoms with E-state index in [2.05, 4.69) is 15.5 Å². The Bertz CT molecular complexity index is 545. The van der Waals surface area contributed by atoms with Gasteiger partial charge in [-0.2, -0.15) is 0 Å². The van der Waals surface area contributed by atoms with Crippen LogP contribution < -0.4 is 5.32 Å². The number of rotatable bonds is 3. The Balaban J connectivity index is 2.14. The van der Waals surface area contributed by atoms with Gasteiger partial charge in [0.1, 0.15) is 5.01 Å². The number of nitrogens with zero attached hydrogens (tertiary/aromatic N) is 2. The summed E-state index contributed by atoms with van der Waals surface area (Å²) in [5.41, 5.74) is 0.723. The molecular weight excluding hydrogens is 254 g/mol. The second-order valence-electron chi connectivity index (χ2n) is 3.64. The van der Waals surface area contributed by atoms with Gasteiger partial charge in [-0.1, -0.05) is 18.3 Å². The van der Waals surface area contributed by atoms with Crippen molar-refractivity contribution in [1.82, 2.24) is 10.2 Å². The molecule has 0 aliphatic heterocycles. The van der Waals surface area contributed by atoms with Crippen molar-refractivity contribution in [1.29, 1.82) is 0 Å². The van der Waals surface area contributed by atoms with Crippen molar-refractivity contribution in [2.24, 2.45) is 0 Å². The van der Waals surface area contributed by atoms with Crippen LogP contribution in [0.25, 0.3) is 0 Å². The van der Waals surface area contributed by atoms with Crippen LogP contribution in [0.4, 0.5) is 5.13 Å². The number of hydrogen-bond acceptors (Lipinski definition) is 5. The molecule has 0 atom stereocenters. The average molecular weight is 267 g/mol. The van der Waals surface area contributed by atoms with Crippen LogP contribution >= 0.6 is 22.7 Å². The zero-order valence-electron chi connectivity index (χ0n) is 9.90. The lowest BCUT2D eigenvalue weighted by atomic mass is 10.2. The first-order chi connectivity index (χ1) is 8.10. The van der Waals surface area contributed by atoms with Crippen molar-refractivity contribution in [2.75, 3.05) is 5.32 Å². The molecule has 2 heterocycles. The van der Waals surface area contributed by atoms with Crippen molar-refractivity contribution in [3.8, 4) is 0 Å². The van der Waals surface area contributed by atoms with Crippen LogP contribution in [0.3, 0.4) is 0 Å². The molecule has 0 fully saturated rings. The molecule has 1 amide bonds. The predicted octanol–water partition coefficient (Wildman–Crippen LogP) is 3.03. The van der Waals surface area contributed by atoms with E-state index < -0.39 is 0 Å². The molecule has 90 valence electrons.